The summed E-state index contributed by atoms with van der Waals surface area (Å²) in [5, 5.41) is 0. The second kappa shape index (κ2) is 10.8. The van der Waals surface area contributed by atoms with Gasteiger partial charge in [0.25, 0.3) is 0 Å². The molecule has 1 aliphatic heterocycles. The third kappa shape index (κ3) is 6.27. The van der Waals surface area contributed by atoms with Crippen LogP contribution in [0.5, 0.6) is 0 Å². The standard InChI is InChI=1S/C17H28N4O.HI/c1-3-20(4-2)14-16-8-6-5-7-15(16)13-19-17(18)21-9-11-22-12-10-21;/h5-8H,3-4,9-14H2,1-2H3,(H2,18,19);1H. The van der Waals surface area contributed by atoms with Crippen molar-refractivity contribution in [1.29, 1.82) is 0 Å². The first-order valence-electron chi connectivity index (χ1n) is 8.16. The lowest BCUT2D eigenvalue weighted by Crippen LogP contribution is -2.44. The predicted molar refractivity (Wildman–Crippen MR) is 106 cm³/mol. The number of morpholine rings is 1. The van der Waals surface area contributed by atoms with Crippen LogP contribution in [0.15, 0.2) is 29.3 Å². The minimum atomic E-state index is 0. The fourth-order valence-corrected chi connectivity index (χ4v) is 2.61. The fourth-order valence-electron chi connectivity index (χ4n) is 2.61. The Labute approximate surface area is 156 Å². The summed E-state index contributed by atoms with van der Waals surface area (Å²) in [6, 6.07) is 8.50. The fraction of sp³-hybridized carbons (Fsp3) is 0.588. The van der Waals surface area contributed by atoms with Gasteiger partial charge < -0.3 is 15.4 Å². The smallest absolute Gasteiger partial charge is 0.191 e. The summed E-state index contributed by atoms with van der Waals surface area (Å²) >= 11 is 0. The van der Waals surface area contributed by atoms with Crippen LogP contribution in [0.2, 0.25) is 0 Å². The van der Waals surface area contributed by atoms with Gasteiger partial charge in [-0.25, -0.2) is 4.99 Å². The van der Waals surface area contributed by atoms with Crippen LogP contribution in [-0.4, -0.2) is 55.2 Å². The van der Waals surface area contributed by atoms with Gasteiger partial charge in [-0.3, -0.25) is 4.90 Å². The number of halogens is 1. The summed E-state index contributed by atoms with van der Waals surface area (Å²) in [6.45, 7) is 11.2. The molecule has 1 fully saturated rings. The monoisotopic (exact) mass is 432 g/mol. The normalized spacial score (nSPS) is 15.6. The maximum atomic E-state index is 6.11. The van der Waals surface area contributed by atoms with E-state index >= 15 is 0 Å². The Morgan fingerprint density at radius 2 is 1.78 bits per heavy atom. The topological polar surface area (TPSA) is 54.1 Å². The zero-order valence-electron chi connectivity index (χ0n) is 14.2. The number of aliphatic imine (C=N–C) groups is 1. The maximum absolute atomic E-state index is 6.11. The van der Waals surface area contributed by atoms with E-state index in [0.717, 1.165) is 45.9 Å². The lowest BCUT2D eigenvalue weighted by molar-refractivity contribution is 0.0674. The average Bonchev–Trinajstić information content (AvgIpc) is 2.59. The van der Waals surface area contributed by atoms with Gasteiger partial charge in [-0.15, -0.1) is 24.0 Å². The van der Waals surface area contributed by atoms with E-state index in [0.29, 0.717) is 12.5 Å². The Balaban J connectivity index is 0.00000264. The summed E-state index contributed by atoms with van der Waals surface area (Å²) in [7, 11) is 0. The molecule has 130 valence electrons. The first kappa shape index (κ1) is 20.2. The summed E-state index contributed by atoms with van der Waals surface area (Å²) in [5.41, 5.74) is 8.70. The van der Waals surface area contributed by atoms with Gasteiger partial charge in [0, 0.05) is 19.6 Å². The number of benzene rings is 1. The minimum Gasteiger partial charge on any atom is -0.378 e. The highest BCUT2D eigenvalue weighted by Gasteiger charge is 2.12. The molecule has 0 atom stereocenters. The van der Waals surface area contributed by atoms with Gasteiger partial charge in [-0.2, -0.15) is 0 Å². The highest BCUT2D eigenvalue weighted by molar-refractivity contribution is 14.0. The summed E-state index contributed by atoms with van der Waals surface area (Å²) < 4.78 is 5.34. The molecule has 1 aliphatic rings. The van der Waals surface area contributed by atoms with Crippen molar-refractivity contribution in [2.45, 2.75) is 26.9 Å². The number of hydrogen-bond donors (Lipinski definition) is 1. The number of guanidine groups is 1. The van der Waals surface area contributed by atoms with E-state index in [9.17, 15) is 0 Å². The molecule has 1 aromatic carbocycles. The molecule has 1 aromatic rings. The van der Waals surface area contributed by atoms with E-state index in [2.05, 4.69) is 52.9 Å². The van der Waals surface area contributed by atoms with Crippen molar-refractivity contribution >= 4 is 29.9 Å². The van der Waals surface area contributed by atoms with Crippen LogP contribution in [-0.2, 0) is 17.8 Å². The van der Waals surface area contributed by atoms with Gasteiger partial charge in [0.05, 0.1) is 19.8 Å². The highest BCUT2D eigenvalue weighted by atomic mass is 127. The van der Waals surface area contributed by atoms with Gasteiger partial charge in [0.1, 0.15) is 0 Å². The Bertz CT molecular complexity index is 485. The molecule has 2 rings (SSSR count). The number of ether oxygens (including phenoxy) is 1. The van der Waals surface area contributed by atoms with Crippen molar-refractivity contribution in [3.63, 3.8) is 0 Å². The molecule has 1 saturated heterocycles. The molecule has 6 heteroatoms. The molecule has 0 spiro atoms. The molecule has 0 saturated carbocycles. The van der Waals surface area contributed by atoms with Crippen LogP contribution in [0.25, 0.3) is 0 Å². The largest absolute Gasteiger partial charge is 0.378 e. The molecular weight excluding hydrogens is 403 g/mol. The maximum Gasteiger partial charge on any atom is 0.191 e. The van der Waals surface area contributed by atoms with Gasteiger partial charge in [0.15, 0.2) is 5.96 Å². The number of hydrogen-bond acceptors (Lipinski definition) is 3. The molecule has 5 nitrogen and oxygen atoms in total. The molecule has 0 aliphatic carbocycles. The molecule has 0 amide bonds. The Morgan fingerprint density at radius 3 is 2.39 bits per heavy atom. The summed E-state index contributed by atoms with van der Waals surface area (Å²) in [5.74, 6) is 0.626. The highest BCUT2D eigenvalue weighted by Crippen LogP contribution is 2.13. The van der Waals surface area contributed by atoms with E-state index in [1.165, 1.54) is 11.1 Å². The van der Waals surface area contributed by atoms with Crippen molar-refractivity contribution < 1.29 is 4.74 Å². The predicted octanol–water partition coefficient (Wildman–Crippen LogP) is 2.29. The van der Waals surface area contributed by atoms with Crippen molar-refractivity contribution in [2.75, 3.05) is 39.4 Å². The van der Waals surface area contributed by atoms with E-state index in [4.69, 9.17) is 10.5 Å². The van der Waals surface area contributed by atoms with Crippen LogP contribution < -0.4 is 5.73 Å². The van der Waals surface area contributed by atoms with Crippen molar-refractivity contribution in [3.8, 4) is 0 Å². The van der Waals surface area contributed by atoms with Gasteiger partial charge in [0.2, 0.25) is 0 Å². The van der Waals surface area contributed by atoms with Crippen LogP contribution in [0.3, 0.4) is 0 Å². The Hall–Kier alpha value is -0.860. The molecule has 23 heavy (non-hydrogen) atoms. The SMILES string of the molecule is CCN(CC)Cc1ccccc1CN=C(N)N1CCOCC1.I. The van der Waals surface area contributed by atoms with E-state index in [1.807, 2.05) is 0 Å². The van der Waals surface area contributed by atoms with Crippen LogP contribution in [0, 0.1) is 0 Å². The van der Waals surface area contributed by atoms with Crippen LogP contribution in [0.4, 0.5) is 0 Å². The van der Waals surface area contributed by atoms with Gasteiger partial charge in [-0.05, 0) is 24.2 Å². The average molecular weight is 432 g/mol. The molecular formula is C17H29IN4O. The second-order valence-corrected chi connectivity index (χ2v) is 5.50. The molecule has 0 unspecified atom stereocenters. The van der Waals surface area contributed by atoms with E-state index in [1.54, 1.807) is 0 Å². The number of rotatable bonds is 6. The van der Waals surface area contributed by atoms with Crippen LogP contribution >= 0.6 is 24.0 Å². The molecule has 0 aromatic heterocycles. The van der Waals surface area contributed by atoms with E-state index < -0.39 is 0 Å². The Morgan fingerprint density at radius 1 is 1.17 bits per heavy atom. The zero-order chi connectivity index (χ0) is 15.8. The molecule has 0 radical (unpaired) electrons. The molecule has 0 bridgehead atoms. The quantitative estimate of drug-likeness (QED) is 0.426. The first-order valence-corrected chi connectivity index (χ1v) is 8.16. The van der Waals surface area contributed by atoms with Gasteiger partial charge >= 0.3 is 0 Å². The molecule has 1 heterocycles. The van der Waals surface area contributed by atoms with E-state index in [-0.39, 0.29) is 24.0 Å². The summed E-state index contributed by atoms with van der Waals surface area (Å²) in [6.07, 6.45) is 0. The number of nitrogens with zero attached hydrogens (tertiary/aromatic N) is 3. The van der Waals surface area contributed by atoms with Crippen molar-refractivity contribution in [2.24, 2.45) is 10.7 Å². The van der Waals surface area contributed by atoms with Crippen LogP contribution in [0.1, 0.15) is 25.0 Å². The second-order valence-electron chi connectivity index (χ2n) is 5.50. The number of nitrogens with two attached hydrogens (primary N) is 1. The first-order chi connectivity index (χ1) is 10.7. The van der Waals surface area contributed by atoms with Gasteiger partial charge in [-0.1, -0.05) is 38.1 Å². The lowest BCUT2D eigenvalue weighted by Gasteiger charge is -2.27. The third-order valence-electron chi connectivity index (χ3n) is 4.15. The Kier molecular flexibility index (Phi) is 9.50. The third-order valence-corrected chi connectivity index (χ3v) is 4.15. The van der Waals surface area contributed by atoms with Crippen molar-refractivity contribution in [3.05, 3.63) is 35.4 Å². The minimum absolute atomic E-state index is 0. The lowest BCUT2D eigenvalue weighted by atomic mass is 10.1. The molecule has 2 N–H and O–H groups in total. The zero-order valence-corrected chi connectivity index (χ0v) is 16.5. The summed E-state index contributed by atoms with van der Waals surface area (Å²) in [4.78, 5) is 9.09. The van der Waals surface area contributed by atoms with Crippen molar-refractivity contribution in [1.82, 2.24) is 9.80 Å².